The summed E-state index contributed by atoms with van der Waals surface area (Å²) in [5.74, 6) is -11.3. The van der Waals surface area contributed by atoms with Gasteiger partial charge >= 0.3 is 5.97 Å². The first-order chi connectivity index (χ1) is 30.8. The van der Waals surface area contributed by atoms with Crippen molar-refractivity contribution in [3.05, 3.63) is 86.9 Å². The molecule has 0 aliphatic carbocycles. The molecule has 0 fully saturated rings. The Labute approximate surface area is 376 Å². The second-order valence-corrected chi connectivity index (χ2v) is 19.6. The quantitative estimate of drug-likeness (QED) is 0.0818. The zero-order valence-corrected chi connectivity index (χ0v) is 37.4. The van der Waals surface area contributed by atoms with Crippen molar-refractivity contribution in [2.45, 2.75) is 44.8 Å². The van der Waals surface area contributed by atoms with Crippen LogP contribution in [-0.4, -0.2) is 141 Å². The van der Waals surface area contributed by atoms with E-state index >= 15 is 0 Å². The van der Waals surface area contributed by atoms with Gasteiger partial charge in [0.15, 0.2) is 0 Å². The average molecular weight is 980 g/mol. The molecule has 0 spiro atoms. The topological polar surface area (TPSA) is 380 Å². The summed E-state index contributed by atoms with van der Waals surface area (Å²) in [6, 6.07) is 6.30. The lowest BCUT2D eigenvalue weighted by Gasteiger charge is -2.25. The Morgan fingerprint density at radius 3 is 1.83 bits per heavy atom. The minimum absolute atomic E-state index is 0.00227. The molecule has 3 aromatic rings. The van der Waals surface area contributed by atoms with Gasteiger partial charge in [0.05, 0.1) is 10.9 Å². The molecule has 356 valence electrons. The number of ether oxygens (including phenoxy) is 1. The van der Waals surface area contributed by atoms with Gasteiger partial charge in [-0.1, -0.05) is 18.2 Å². The van der Waals surface area contributed by atoms with E-state index in [0.29, 0.717) is 44.1 Å². The third kappa shape index (κ3) is 14.0. The Balaban J connectivity index is 1.55. The van der Waals surface area contributed by atoms with Crippen LogP contribution in [0.1, 0.15) is 45.5 Å². The van der Waals surface area contributed by atoms with E-state index in [2.05, 4.69) is 26.3 Å². The number of anilines is 1. The van der Waals surface area contributed by atoms with Gasteiger partial charge in [-0.25, -0.2) is 4.79 Å². The Kier molecular flexibility index (Phi) is 15.9. The number of benzene rings is 3. The molecular formula is C39H45N7O17S3. The Hall–Kier alpha value is -6.52. The summed E-state index contributed by atoms with van der Waals surface area (Å²) in [6.07, 6.45) is -0.639. The Morgan fingerprint density at radius 1 is 0.652 bits per heavy atom. The molecule has 2 aliphatic heterocycles. The molecule has 5 rings (SSSR count). The van der Waals surface area contributed by atoms with E-state index in [-0.39, 0.29) is 49.7 Å². The summed E-state index contributed by atoms with van der Waals surface area (Å²) >= 11 is 0. The second-order valence-electron chi connectivity index (χ2n) is 15.1. The maximum atomic E-state index is 13.4. The predicted octanol–water partition coefficient (Wildman–Crippen LogP) is -2.47. The van der Waals surface area contributed by atoms with E-state index in [4.69, 9.17) is 4.74 Å². The molecule has 66 heavy (non-hydrogen) atoms. The Morgan fingerprint density at radius 2 is 1.23 bits per heavy atom. The van der Waals surface area contributed by atoms with Crippen molar-refractivity contribution in [1.82, 2.24) is 26.6 Å². The number of carboxylic acids is 1. The normalized spacial score (nSPS) is 19.6. The lowest BCUT2D eigenvalue weighted by Crippen LogP contribution is -2.60. The van der Waals surface area contributed by atoms with Crippen LogP contribution >= 0.6 is 0 Å². The summed E-state index contributed by atoms with van der Waals surface area (Å²) in [7, 11) is -15.3. The largest absolute Gasteiger partial charge is 0.478 e. The first-order valence-corrected chi connectivity index (χ1v) is 24.5. The van der Waals surface area contributed by atoms with Crippen LogP contribution < -0.4 is 47.2 Å². The highest BCUT2D eigenvalue weighted by molar-refractivity contribution is 7.86. The molecular weight excluding hydrogens is 935 g/mol. The molecule has 0 aromatic heterocycles. The molecule has 0 saturated carbocycles. The van der Waals surface area contributed by atoms with Crippen LogP contribution in [0.2, 0.25) is 0 Å². The van der Waals surface area contributed by atoms with Crippen LogP contribution in [0.3, 0.4) is 0 Å². The molecule has 4 bridgehead atoms. The number of aryl methyl sites for hydroxylation is 2. The number of carboxylic acid groups (broad SMARTS) is 1. The number of rotatable bonds is 8. The molecule has 3 aromatic carbocycles. The standard InChI is InChI=1S/C39H45N7O17S3/c1-20-13-24-31-15-26(20)40-9-7-33(47)42-11-12-43-36(49)28(17-64(54,55)56)45-38(51)30(19-66(60,61)62)46-37(50)29(18-65(57,58)59)44-34(48)8-10-41-27-16-32(63-31)25(14-21(27)2)35(24)22-5-3-4-6-23(22)39(52)53/h3-6,13-16,28-30,41H,7-12,17-19H2,1-2H3,(H,42,47)(H,43,49)(H,44,48)(H,45,51)(H,46,50)(H,52,53)(H,54,55,56)(H,57,58,59)(H,60,61,62). The van der Waals surface area contributed by atoms with E-state index < -0.39 is 108 Å². The highest BCUT2D eigenvalue weighted by atomic mass is 32.2. The van der Waals surface area contributed by atoms with Crippen LogP contribution in [0.25, 0.3) is 5.57 Å². The molecule has 3 unspecified atom stereocenters. The van der Waals surface area contributed by atoms with Crippen molar-refractivity contribution in [3.8, 4) is 11.5 Å². The number of hydrogen-bond donors (Lipinski definition) is 10. The van der Waals surface area contributed by atoms with Crippen molar-refractivity contribution in [3.63, 3.8) is 0 Å². The van der Waals surface area contributed by atoms with E-state index in [0.717, 1.165) is 0 Å². The maximum absolute atomic E-state index is 13.4. The smallest absolute Gasteiger partial charge is 0.336 e. The first kappa shape index (κ1) is 50.5. The number of amides is 5. The molecule has 3 atom stereocenters. The zero-order valence-electron chi connectivity index (χ0n) is 35.0. The predicted molar refractivity (Wildman–Crippen MR) is 232 cm³/mol. The second kappa shape index (κ2) is 20.8. The van der Waals surface area contributed by atoms with Gasteiger partial charge < -0.3 is 41.7 Å². The molecule has 2 heterocycles. The van der Waals surface area contributed by atoms with Crippen molar-refractivity contribution in [2.75, 3.05) is 48.8 Å². The molecule has 10 N–H and O–H groups in total. The molecule has 5 amide bonds. The van der Waals surface area contributed by atoms with E-state index in [1.807, 2.05) is 5.32 Å². The summed E-state index contributed by atoms with van der Waals surface area (Å²) in [5, 5.41) is 24.6. The molecule has 27 heteroatoms. The van der Waals surface area contributed by atoms with Crippen molar-refractivity contribution >= 4 is 77.1 Å². The van der Waals surface area contributed by atoms with Crippen LogP contribution in [0.15, 0.2) is 53.5 Å². The fraction of sp³-hybridized carbons (Fsp3) is 0.359. The van der Waals surface area contributed by atoms with E-state index in [1.165, 1.54) is 6.07 Å². The minimum Gasteiger partial charge on any atom is -0.478 e. The van der Waals surface area contributed by atoms with Gasteiger partial charge in [-0.15, -0.1) is 0 Å². The number of hydrogen-bond acceptors (Lipinski definition) is 15. The summed E-state index contributed by atoms with van der Waals surface area (Å²) in [6.45, 7) is 2.62. The van der Waals surface area contributed by atoms with Crippen molar-refractivity contribution in [2.24, 2.45) is 4.99 Å². The summed E-state index contributed by atoms with van der Waals surface area (Å²) in [4.78, 5) is 82.6. The summed E-state index contributed by atoms with van der Waals surface area (Å²) < 4.78 is 106. The van der Waals surface area contributed by atoms with Gasteiger partial charge in [-0.05, 0) is 48.7 Å². The number of fused-ring (bicyclic) bond motifs is 2. The average Bonchev–Trinajstić information content (AvgIpc) is 3.19. The van der Waals surface area contributed by atoms with Gasteiger partial charge in [0.2, 0.25) is 29.5 Å². The van der Waals surface area contributed by atoms with Gasteiger partial charge in [0, 0.05) is 73.2 Å². The number of carbonyl (C=O) groups is 6. The highest BCUT2D eigenvalue weighted by Crippen LogP contribution is 2.40. The van der Waals surface area contributed by atoms with Crippen LogP contribution in [-0.2, 0) is 54.3 Å². The van der Waals surface area contributed by atoms with Gasteiger partial charge in [0.1, 0.15) is 46.9 Å². The van der Waals surface area contributed by atoms with Gasteiger partial charge in [-0.2, -0.15) is 25.3 Å². The monoisotopic (exact) mass is 979 g/mol. The lowest BCUT2D eigenvalue weighted by atomic mass is 9.88. The third-order valence-electron chi connectivity index (χ3n) is 9.89. The fourth-order valence-corrected chi connectivity index (χ4v) is 8.87. The maximum Gasteiger partial charge on any atom is 0.336 e. The number of aromatic carboxylic acids is 1. The molecule has 0 radical (unpaired) electrons. The van der Waals surface area contributed by atoms with Crippen LogP contribution in [0.5, 0.6) is 11.5 Å². The van der Waals surface area contributed by atoms with Gasteiger partial charge in [-0.3, -0.25) is 42.6 Å². The van der Waals surface area contributed by atoms with Gasteiger partial charge in [0.25, 0.3) is 30.4 Å². The van der Waals surface area contributed by atoms with Crippen LogP contribution in [0.4, 0.5) is 5.69 Å². The molecule has 24 nitrogen and oxygen atoms in total. The third-order valence-corrected chi connectivity index (χ3v) is 12.2. The number of carbonyl (C=O) groups excluding carboxylic acids is 5. The highest BCUT2D eigenvalue weighted by Gasteiger charge is 2.35. The zero-order chi connectivity index (χ0) is 48.7. The Bertz CT molecular complexity index is 2950. The SMILES string of the molecule is Cc1cc2c3cc1NCCC(=O)NC(CS(=O)(=O)O)C(=O)NC(CS(=O)(=O)O)C(=O)NC(CS(=O)(=O)O)C(=O)NCCNC(=O)CCN=c1cc(c(cc1C)=C2c1ccccc1C(=O)O)O3. The van der Waals surface area contributed by atoms with Crippen molar-refractivity contribution in [1.29, 1.82) is 0 Å². The summed E-state index contributed by atoms with van der Waals surface area (Å²) in [5.41, 5.74) is 3.07. The van der Waals surface area contributed by atoms with E-state index in [9.17, 15) is 72.8 Å². The molecule has 2 aliphatic rings. The van der Waals surface area contributed by atoms with Crippen LogP contribution in [0, 0.1) is 13.8 Å². The number of nitrogens with zero attached hydrogens (tertiary/aromatic N) is 1. The first-order valence-electron chi connectivity index (χ1n) is 19.7. The lowest BCUT2D eigenvalue weighted by molar-refractivity contribution is -0.132. The minimum atomic E-state index is -5.19. The van der Waals surface area contributed by atoms with Crippen molar-refractivity contribution < 1.29 is 77.5 Å². The molecule has 0 saturated heterocycles. The fourth-order valence-electron chi connectivity index (χ4n) is 6.91. The number of nitrogens with one attached hydrogen (secondary N) is 6. The van der Waals surface area contributed by atoms with E-state index in [1.54, 1.807) is 61.6 Å².